The van der Waals surface area contributed by atoms with Gasteiger partial charge in [-0.3, -0.25) is 10.1 Å². The average molecular weight is 436 g/mol. The summed E-state index contributed by atoms with van der Waals surface area (Å²) >= 11 is 1.29. The monoisotopic (exact) mass is 435 g/mol. The van der Waals surface area contributed by atoms with Gasteiger partial charge >= 0.3 is 0 Å². The van der Waals surface area contributed by atoms with Crippen LogP contribution in [0.4, 0.5) is 5.13 Å². The van der Waals surface area contributed by atoms with Gasteiger partial charge in [0.05, 0.1) is 20.3 Å². The van der Waals surface area contributed by atoms with Crippen LogP contribution < -0.4 is 19.5 Å². The number of nitrogens with zero attached hydrogens (tertiary/aromatic N) is 2. The summed E-state index contributed by atoms with van der Waals surface area (Å²) in [6, 6.07) is 16.6. The largest absolute Gasteiger partial charge is 0.493 e. The molecule has 0 saturated carbocycles. The lowest BCUT2D eigenvalue weighted by atomic mass is 10.1. The maximum Gasteiger partial charge on any atom is 0.268 e. The Morgan fingerprint density at radius 2 is 1.87 bits per heavy atom. The number of nitrogens with one attached hydrogen (secondary N) is 1. The number of methoxy groups -OCH3 is 1. The Morgan fingerprint density at radius 1 is 1.13 bits per heavy atom. The second-order valence-electron chi connectivity index (χ2n) is 6.23. The molecule has 7 nitrogen and oxygen atoms in total. The lowest BCUT2D eigenvalue weighted by Crippen LogP contribution is -2.13. The minimum Gasteiger partial charge on any atom is -0.493 e. The summed E-state index contributed by atoms with van der Waals surface area (Å²) in [5, 5.41) is 14.1. The number of benzene rings is 2. The van der Waals surface area contributed by atoms with Crippen molar-refractivity contribution >= 4 is 28.5 Å². The summed E-state index contributed by atoms with van der Waals surface area (Å²) < 4.78 is 16.7. The predicted octanol–water partition coefficient (Wildman–Crippen LogP) is 4.55. The molecule has 0 bridgehead atoms. The van der Waals surface area contributed by atoms with E-state index in [-0.39, 0.29) is 5.57 Å². The molecule has 0 aliphatic carbocycles. The lowest BCUT2D eigenvalue weighted by Gasteiger charge is -2.11. The van der Waals surface area contributed by atoms with E-state index in [4.69, 9.17) is 14.2 Å². The standard InChI is InChI=1S/C23H21N3O4S/c1-28-20-5-2-3-6-21(20)30-13-4-12-29-19-9-7-17(8-10-19)15-18(16-24)22(27)26-23-25-11-14-31-23/h2-3,5-11,14-15H,4,12-13H2,1H3,(H,25,26,27)/b18-15-. The van der Waals surface area contributed by atoms with E-state index < -0.39 is 5.91 Å². The van der Waals surface area contributed by atoms with Gasteiger partial charge in [-0.2, -0.15) is 5.26 Å². The Bertz CT molecular complexity index is 1060. The van der Waals surface area contributed by atoms with Crippen molar-refractivity contribution < 1.29 is 19.0 Å². The molecule has 0 aliphatic heterocycles. The fourth-order valence-electron chi connectivity index (χ4n) is 2.59. The first-order valence-electron chi connectivity index (χ1n) is 9.51. The number of aromatic nitrogens is 1. The molecular weight excluding hydrogens is 414 g/mol. The van der Waals surface area contributed by atoms with Crippen molar-refractivity contribution in [2.45, 2.75) is 6.42 Å². The van der Waals surface area contributed by atoms with Crippen LogP contribution >= 0.6 is 11.3 Å². The third-order valence-corrected chi connectivity index (χ3v) is 4.78. The average Bonchev–Trinajstić information content (AvgIpc) is 3.31. The molecule has 0 saturated heterocycles. The molecule has 3 rings (SSSR count). The predicted molar refractivity (Wildman–Crippen MR) is 119 cm³/mol. The maximum absolute atomic E-state index is 12.2. The first kappa shape index (κ1) is 21.9. The Kier molecular flexibility index (Phi) is 8.03. The molecular formula is C23H21N3O4S. The van der Waals surface area contributed by atoms with Gasteiger partial charge in [-0.25, -0.2) is 4.98 Å². The van der Waals surface area contributed by atoms with E-state index in [9.17, 15) is 10.1 Å². The molecule has 0 radical (unpaired) electrons. The first-order chi connectivity index (χ1) is 15.2. The van der Waals surface area contributed by atoms with Crippen LogP contribution in [0.25, 0.3) is 6.08 Å². The highest BCUT2D eigenvalue weighted by atomic mass is 32.1. The molecule has 0 aliphatic rings. The van der Waals surface area contributed by atoms with Crippen LogP contribution in [0.5, 0.6) is 17.2 Å². The van der Waals surface area contributed by atoms with Crippen LogP contribution in [0.1, 0.15) is 12.0 Å². The minimum absolute atomic E-state index is 0.00245. The van der Waals surface area contributed by atoms with Crippen molar-refractivity contribution in [2.75, 3.05) is 25.6 Å². The Balaban J connectivity index is 1.46. The van der Waals surface area contributed by atoms with Gasteiger partial charge in [0.15, 0.2) is 16.6 Å². The normalized spacial score (nSPS) is 10.8. The molecule has 0 fully saturated rings. The van der Waals surface area contributed by atoms with Gasteiger partial charge in [0.1, 0.15) is 17.4 Å². The number of nitriles is 1. The summed E-state index contributed by atoms with van der Waals surface area (Å²) in [6.07, 6.45) is 3.81. The third kappa shape index (κ3) is 6.59. The van der Waals surface area contributed by atoms with Gasteiger partial charge in [-0.05, 0) is 35.9 Å². The van der Waals surface area contributed by atoms with Crippen LogP contribution in [-0.2, 0) is 4.79 Å². The van der Waals surface area contributed by atoms with E-state index in [1.54, 1.807) is 43.0 Å². The molecule has 31 heavy (non-hydrogen) atoms. The highest BCUT2D eigenvalue weighted by molar-refractivity contribution is 7.13. The summed E-state index contributed by atoms with van der Waals surface area (Å²) in [7, 11) is 1.61. The molecule has 8 heteroatoms. The van der Waals surface area contributed by atoms with Crippen LogP contribution in [0.2, 0.25) is 0 Å². The number of hydrogen-bond acceptors (Lipinski definition) is 7. The molecule has 2 aromatic carbocycles. The van der Waals surface area contributed by atoms with Crippen LogP contribution in [-0.4, -0.2) is 31.2 Å². The van der Waals surface area contributed by atoms with E-state index in [2.05, 4.69) is 10.3 Å². The number of hydrogen-bond donors (Lipinski definition) is 1. The zero-order chi connectivity index (χ0) is 21.9. The van der Waals surface area contributed by atoms with Gasteiger partial charge in [0, 0.05) is 18.0 Å². The number of ether oxygens (including phenoxy) is 3. The molecule has 1 aromatic heterocycles. The zero-order valence-corrected chi connectivity index (χ0v) is 17.7. The van der Waals surface area contributed by atoms with Crippen LogP contribution in [0.3, 0.4) is 0 Å². The number of carbonyl (C=O) groups excluding carboxylic acids is 1. The number of anilines is 1. The van der Waals surface area contributed by atoms with Gasteiger partial charge in [0.2, 0.25) is 0 Å². The van der Waals surface area contributed by atoms with Crippen molar-refractivity contribution in [3.8, 4) is 23.3 Å². The summed E-state index contributed by atoms with van der Waals surface area (Å²) in [5.74, 6) is 1.60. The number of carbonyl (C=O) groups is 1. The maximum atomic E-state index is 12.2. The van der Waals surface area contributed by atoms with Crippen molar-refractivity contribution in [1.29, 1.82) is 5.26 Å². The van der Waals surface area contributed by atoms with Crippen LogP contribution in [0.15, 0.2) is 65.7 Å². The third-order valence-electron chi connectivity index (χ3n) is 4.09. The zero-order valence-electron chi connectivity index (χ0n) is 16.9. The van der Waals surface area contributed by atoms with E-state index >= 15 is 0 Å². The summed E-state index contributed by atoms with van der Waals surface area (Å²) in [5.41, 5.74) is 0.718. The molecule has 0 spiro atoms. The Hall–Kier alpha value is -3.83. The lowest BCUT2D eigenvalue weighted by molar-refractivity contribution is -0.112. The van der Waals surface area contributed by atoms with E-state index in [1.807, 2.05) is 30.3 Å². The number of para-hydroxylation sites is 2. The van der Waals surface area contributed by atoms with Crippen molar-refractivity contribution in [2.24, 2.45) is 0 Å². The van der Waals surface area contributed by atoms with E-state index in [1.165, 1.54) is 17.4 Å². The van der Waals surface area contributed by atoms with Crippen molar-refractivity contribution in [1.82, 2.24) is 4.98 Å². The Labute approximate surface area is 184 Å². The topological polar surface area (TPSA) is 93.5 Å². The SMILES string of the molecule is COc1ccccc1OCCCOc1ccc(/C=C(/C#N)C(=O)Nc2nccs2)cc1. The number of amides is 1. The number of thiazole rings is 1. The second kappa shape index (κ2) is 11.4. The molecule has 0 atom stereocenters. The van der Waals surface area contributed by atoms with Crippen molar-refractivity contribution in [3.63, 3.8) is 0 Å². The van der Waals surface area contributed by atoms with E-state index in [0.717, 1.165) is 5.56 Å². The Morgan fingerprint density at radius 3 is 2.55 bits per heavy atom. The van der Waals surface area contributed by atoms with Gasteiger partial charge in [0.25, 0.3) is 5.91 Å². The first-order valence-corrected chi connectivity index (χ1v) is 10.4. The van der Waals surface area contributed by atoms with Gasteiger partial charge in [-0.15, -0.1) is 11.3 Å². The minimum atomic E-state index is -0.493. The quantitative estimate of drug-likeness (QED) is 0.285. The second-order valence-corrected chi connectivity index (χ2v) is 7.13. The van der Waals surface area contributed by atoms with Crippen LogP contribution in [0, 0.1) is 11.3 Å². The smallest absolute Gasteiger partial charge is 0.268 e. The molecule has 0 unspecified atom stereocenters. The molecule has 1 heterocycles. The number of rotatable bonds is 10. The molecule has 1 N–H and O–H groups in total. The van der Waals surface area contributed by atoms with Crippen molar-refractivity contribution in [3.05, 3.63) is 71.2 Å². The van der Waals surface area contributed by atoms with E-state index in [0.29, 0.717) is 42.0 Å². The highest BCUT2D eigenvalue weighted by Crippen LogP contribution is 2.25. The van der Waals surface area contributed by atoms with Gasteiger partial charge in [-0.1, -0.05) is 24.3 Å². The summed E-state index contributed by atoms with van der Waals surface area (Å²) in [6.45, 7) is 0.991. The fourth-order valence-corrected chi connectivity index (χ4v) is 3.12. The summed E-state index contributed by atoms with van der Waals surface area (Å²) in [4.78, 5) is 16.2. The molecule has 3 aromatic rings. The van der Waals surface area contributed by atoms with Gasteiger partial charge < -0.3 is 14.2 Å². The molecule has 158 valence electrons. The highest BCUT2D eigenvalue weighted by Gasteiger charge is 2.10. The fraction of sp³-hybridized carbons (Fsp3) is 0.174. The molecule has 1 amide bonds.